The van der Waals surface area contributed by atoms with E-state index in [1.165, 1.54) is 16.4 Å². The van der Waals surface area contributed by atoms with Crippen LogP contribution in [0.15, 0.2) is 39.6 Å². The molecular weight excluding hydrogens is 387 g/mol. The van der Waals surface area contributed by atoms with Gasteiger partial charge in [0.1, 0.15) is 10.7 Å². The Hall–Kier alpha value is -1.54. The second-order valence-corrected chi connectivity index (χ2v) is 8.35. The zero-order valence-corrected chi connectivity index (χ0v) is 15.7. The Morgan fingerprint density at radius 2 is 1.76 bits per heavy atom. The van der Waals surface area contributed by atoms with Crippen molar-refractivity contribution in [1.29, 1.82) is 0 Å². The van der Waals surface area contributed by atoms with E-state index in [4.69, 9.17) is 27.6 Å². The van der Waals surface area contributed by atoms with Gasteiger partial charge in [-0.15, -0.1) is 0 Å². The molecule has 6 nitrogen and oxygen atoms in total. The average Bonchev–Trinajstić information content (AvgIpc) is 3.03. The zero-order valence-electron chi connectivity index (χ0n) is 13.4. The molecule has 0 spiro atoms. The Morgan fingerprint density at radius 3 is 2.36 bits per heavy atom. The number of amides is 1. The number of nitrogens with zero attached hydrogens (tertiary/aromatic N) is 2. The van der Waals surface area contributed by atoms with E-state index in [2.05, 4.69) is 0 Å². The number of halogens is 2. The van der Waals surface area contributed by atoms with Crippen molar-refractivity contribution in [2.45, 2.75) is 11.8 Å². The van der Waals surface area contributed by atoms with Crippen LogP contribution in [-0.2, 0) is 10.0 Å². The summed E-state index contributed by atoms with van der Waals surface area (Å²) in [7, 11) is -3.77. The summed E-state index contributed by atoms with van der Waals surface area (Å²) in [6, 6.07) is 7.83. The van der Waals surface area contributed by atoms with Gasteiger partial charge in [0.2, 0.25) is 10.0 Å². The van der Waals surface area contributed by atoms with Crippen molar-refractivity contribution in [3.8, 4) is 0 Å². The first-order valence-electron chi connectivity index (χ1n) is 7.60. The molecule has 3 rings (SSSR count). The molecule has 0 aliphatic carbocycles. The maximum Gasteiger partial charge on any atom is 0.289 e. The fourth-order valence-electron chi connectivity index (χ4n) is 2.66. The number of benzene rings is 1. The van der Waals surface area contributed by atoms with Crippen LogP contribution in [0.3, 0.4) is 0 Å². The predicted molar refractivity (Wildman–Crippen MR) is 94.6 cm³/mol. The predicted octanol–water partition coefficient (Wildman–Crippen LogP) is 3.04. The lowest BCUT2D eigenvalue weighted by atomic mass is 10.3. The van der Waals surface area contributed by atoms with E-state index in [1.807, 2.05) is 0 Å². The van der Waals surface area contributed by atoms with Gasteiger partial charge < -0.3 is 9.32 Å². The highest BCUT2D eigenvalue weighted by Gasteiger charge is 2.32. The van der Waals surface area contributed by atoms with Gasteiger partial charge in [0.15, 0.2) is 5.76 Å². The minimum Gasteiger partial charge on any atom is -0.456 e. The van der Waals surface area contributed by atoms with E-state index in [0.29, 0.717) is 5.76 Å². The van der Waals surface area contributed by atoms with Gasteiger partial charge in [-0.2, -0.15) is 4.31 Å². The minimum atomic E-state index is -3.77. The van der Waals surface area contributed by atoms with Crippen LogP contribution in [0.5, 0.6) is 0 Å². The van der Waals surface area contributed by atoms with Crippen molar-refractivity contribution in [2.75, 3.05) is 26.2 Å². The lowest BCUT2D eigenvalue weighted by Crippen LogP contribution is -2.50. The molecule has 0 radical (unpaired) electrons. The molecule has 0 N–H and O–H groups in total. The number of aryl methyl sites for hydroxylation is 1. The van der Waals surface area contributed by atoms with E-state index in [-0.39, 0.29) is 52.8 Å². The van der Waals surface area contributed by atoms with Crippen molar-refractivity contribution in [2.24, 2.45) is 0 Å². The molecule has 9 heteroatoms. The monoisotopic (exact) mass is 402 g/mol. The normalized spacial score (nSPS) is 16.2. The highest BCUT2D eigenvalue weighted by atomic mass is 35.5. The Kier molecular flexibility index (Phi) is 5.11. The van der Waals surface area contributed by atoms with E-state index in [9.17, 15) is 13.2 Å². The first-order valence-corrected chi connectivity index (χ1v) is 9.80. The number of sulfonamides is 1. The van der Waals surface area contributed by atoms with Gasteiger partial charge in [-0.05, 0) is 31.2 Å². The maximum atomic E-state index is 12.8. The summed E-state index contributed by atoms with van der Waals surface area (Å²) in [4.78, 5) is 13.9. The fourth-order valence-corrected chi connectivity index (χ4v) is 4.82. The number of hydrogen-bond acceptors (Lipinski definition) is 4. The molecule has 2 heterocycles. The Balaban J connectivity index is 1.73. The second kappa shape index (κ2) is 6.99. The number of carbonyl (C=O) groups excluding carboxylic acids is 1. The Morgan fingerprint density at radius 1 is 1.08 bits per heavy atom. The molecule has 2 aromatic rings. The summed E-state index contributed by atoms with van der Waals surface area (Å²) in [6.07, 6.45) is 0. The molecule has 1 amide bonds. The summed E-state index contributed by atoms with van der Waals surface area (Å²) < 4.78 is 32.2. The van der Waals surface area contributed by atoms with Crippen LogP contribution < -0.4 is 0 Å². The van der Waals surface area contributed by atoms with E-state index in [0.717, 1.165) is 0 Å². The maximum absolute atomic E-state index is 12.8. The van der Waals surface area contributed by atoms with Crippen LogP contribution in [0.2, 0.25) is 10.0 Å². The number of piperazine rings is 1. The summed E-state index contributed by atoms with van der Waals surface area (Å²) in [5.74, 6) is 0.665. The van der Waals surface area contributed by atoms with Gasteiger partial charge in [0.05, 0.1) is 10.0 Å². The molecule has 1 fully saturated rings. The topological polar surface area (TPSA) is 70.8 Å². The summed E-state index contributed by atoms with van der Waals surface area (Å²) in [6.45, 7) is 2.66. The SMILES string of the molecule is Cc1ccc(C(=O)N2CCN(S(=O)(=O)c3cccc(Cl)c3Cl)CC2)o1. The molecule has 1 aromatic carbocycles. The summed E-state index contributed by atoms with van der Waals surface area (Å²) >= 11 is 12.0. The summed E-state index contributed by atoms with van der Waals surface area (Å²) in [5, 5.41) is 0.193. The first-order chi connectivity index (χ1) is 11.8. The second-order valence-electron chi connectivity index (χ2n) is 5.66. The Labute approximate surface area is 156 Å². The standard InChI is InChI=1S/C16H16Cl2N2O4S/c1-11-5-6-13(24-11)16(21)19-7-9-20(10-8-19)25(22,23)14-4-2-3-12(17)15(14)18/h2-6H,7-10H2,1H3. The largest absolute Gasteiger partial charge is 0.456 e. The van der Waals surface area contributed by atoms with Crippen LogP contribution in [0.1, 0.15) is 16.3 Å². The average molecular weight is 403 g/mol. The van der Waals surface area contributed by atoms with E-state index < -0.39 is 10.0 Å². The van der Waals surface area contributed by atoms with Crippen LogP contribution in [-0.4, -0.2) is 49.7 Å². The van der Waals surface area contributed by atoms with Gasteiger partial charge in [-0.25, -0.2) is 8.42 Å². The van der Waals surface area contributed by atoms with Crippen LogP contribution in [0, 0.1) is 6.92 Å². The van der Waals surface area contributed by atoms with Crippen LogP contribution >= 0.6 is 23.2 Å². The van der Waals surface area contributed by atoms with Gasteiger partial charge in [-0.1, -0.05) is 29.3 Å². The van der Waals surface area contributed by atoms with Crippen LogP contribution in [0.25, 0.3) is 0 Å². The zero-order chi connectivity index (χ0) is 18.2. The quantitative estimate of drug-likeness (QED) is 0.790. The number of rotatable bonds is 3. The molecule has 0 atom stereocenters. The number of furan rings is 1. The van der Waals surface area contributed by atoms with Crippen molar-refractivity contribution in [3.05, 3.63) is 51.9 Å². The minimum absolute atomic E-state index is 0.00809. The molecular formula is C16H16Cl2N2O4S. The molecule has 25 heavy (non-hydrogen) atoms. The summed E-state index contributed by atoms with van der Waals surface area (Å²) in [5.41, 5.74) is 0. The third kappa shape index (κ3) is 3.55. The van der Waals surface area contributed by atoms with Crippen molar-refractivity contribution in [1.82, 2.24) is 9.21 Å². The Bertz CT molecular complexity index is 903. The molecule has 1 aromatic heterocycles. The lowest BCUT2D eigenvalue weighted by Gasteiger charge is -2.33. The third-order valence-corrected chi connectivity index (χ3v) is 6.88. The molecule has 0 unspecified atom stereocenters. The van der Waals surface area contributed by atoms with Crippen molar-refractivity contribution < 1.29 is 17.6 Å². The van der Waals surface area contributed by atoms with Gasteiger partial charge in [0, 0.05) is 26.2 Å². The van der Waals surface area contributed by atoms with E-state index >= 15 is 0 Å². The van der Waals surface area contributed by atoms with E-state index in [1.54, 1.807) is 30.0 Å². The lowest BCUT2D eigenvalue weighted by molar-refractivity contribution is 0.0664. The number of hydrogen-bond donors (Lipinski definition) is 0. The van der Waals surface area contributed by atoms with Gasteiger partial charge in [-0.3, -0.25) is 4.79 Å². The van der Waals surface area contributed by atoms with Gasteiger partial charge >= 0.3 is 0 Å². The highest BCUT2D eigenvalue weighted by molar-refractivity contribution is 7.89. The smallest absolute Gasteiger partial charge is 0.289 e. The molecule has 1 saturated heterocycles. The molecule has 0 saturated carbocycles. The first kappa shape index (κ1) is 18.3. The molecule has 1 aliphatic heterocycles. The van der Waals surface area contributed by atoms with Crippen molar-refractivity contribution in [3.63, 3.8) is 0 Å². The van der Waals surface area contributed by atoms with Gasteiger partial charge in [0.25, 0.3) is 5.91 Å². The third-order valence-electron chi connectivity index (χ3n) is 4.01. The molecule has 1 aliphatic rings. The van der Waals surface area contributed by atoms with Crippen LogP contribution in [0.4, 0.5) is 0 Å². The molecule has 0 bridgehead atoms. The molecule has 134 valence electrons. The number of carbonyl (C=O) groups is 1. The fraction of sp³-hybridized carbons (Fsp3) is 0.312. The highest BCUT2D eigenvalue weighted by Crippen LogP contribution is 2.31. The van der Waals surface area contributed by atoms with Crippen molar-refractivity contribution >= 4 is 39.1 Å².